The lowest BCUT2D eigenvalue weighted by Gasteiger charge is -2.59. The molecular weight excluding hydrogens is 362 g/mol. The Kier molecular flexibility index (Phi) is 4.61. The highest BCUT2D eigenvalue weighted by Gasteiger charge is 2.63. The van der Waals surface area contributed by atoms with E-state index in [9.17, 15) is 9.59 Å². The van der Waals surface area contributed by atoms with Gasteiger partial charge in [-0.25, -0.2) is 0 Å². The first-order valence-corrected chi connectivity index (χ1v) is 10.8. The molecular formula is C24H27N3O2. The van der Waals surface area contributed by atoms with Gasteiger partial charge >= 0.3 is 0 Å². The molecule has 3 fully saturated rings. The molecule has 2 aliphatic heterocycles. The number of benzene rings is 1. The van der Waals surface area contributed by atoms with E-state index in [-0.39, 0.29) is 23.4 Å². The van der Waals surface area contributed by atoms with Crippen molar-refractivity contribution >= 4 is 11.8 Å². The molecule has 1 aliphatic carbocycles. The number of rotatable bonds is 3. The monoisotopic (exact) mass is 389 g/mol. The third-order valence-corrected chi connectivity index (χ3v) is 7.13. The standard InChI is InChI=1S/C24H27N3O2/c28-22(19-9-6-14-25-17-19)26-15-10-20(11-16-26)27-21(18-7-2-1-3-8-18)24(23(27)29)12-4-5-13-24/h1-3,6-9,14,17,20-21H,4-5,10-13,15-16H2. The summed E-state index contributed by atoms with van der Waals surface area (Å²) in [4.78, 5) is 34.2. The number of hydrogen-bond donors (Lipinski definition) is 0. The molecule has 1 aromatic heterocycles. The summed E-state index contributed by atoms with van der Waals surface area (Å²) in [7, 11) is 0. The first-order valence-electron chi connectivity index (χ1n) is 10.8. The first kappa shape index (κ1) is 18.3. The number of amides is 2. The van der Waals surface area contributed by atoms with Crippen LogP contribution in [0.15, 0.2) is 54.9 Å². The average molecular weight is 389 g/mol. The minimum Gasteiger partial charge on any atom is -0.338 e. The van der Waals surface area contributed by atoms with Crippen LogP contribution >= 0.6 is 0 Å². The molecule has 1 aromatic carbocycles. The van der Waals surface area contributed by atoms with Gasteiger partial charge in [0.05, 0.1) is 17.0 Å². The Labute approximate surface area is 171 Å². The minimum atomic E-state index is -0.177. The first-order chi connectivity index (χ1) is 14.2. The molecule has 29 heavy (non-hydrogen) atoms. The SMILES string of the molecule is O=C(c1cccnc1)N1CCC(N2C(=O)C3(CCCC3)C2c2ccccc2)CC1. The topological polar surface area (TPSA) is 53.5 Å². The molecule has 2 saturated heterocycles. The van der Waals surface area contributed by atoms with Gasteiger partial charge in [-0.1, -0.05) is 43.2 Å². The van der Waals surface area contributed by atoms with Crippen LogP contribution in [0.1, 0.15) is 60.5 Å². The molecule has 5 nitrogen and oxygen atoms in total. The zero-order valence-corrected chi connectivity index (χ0v) is 16.7. The molecule has 1 unspecified atom stereocenters. The average Bonchev–Trinajstić information content (AvgIpc) is 3.30. The van der Waals surface area contributed by atoms with E-state index in [1.54, 1.807) is 18.5 Å². The van der Waals surface area contributed by atoms with Crippen molar-refractivity contribution < 1.29 is 9.59 Å². The van der Waals surface area contributed by atoms with Crippen LogP contribution in [0.25, 0.3) is 0 Å². The van der Waals surface area contributed by atoms with E-state index in [0.29, 0.717) is 24.6 Å². The van der Waals surface area contributed by atoms with Crippen molar-refractivity contribution in [3.8, 4) is 0 Å². The van der Waals surface area contributed by atoms with E-state index in [2.05, 4.69) is 34.1 Å². The number of hydrogen-bond acceptors (Lipinski definition) is 3. The van der Waals surface area contributed by atoms with Crippen LogP contribution in [0.5, 0.6) is 0 Å². The summed E-state index contributed by atoms with van der Waals surface area (Å²) in [6.45, 7) is 1.38. The number of nitrogens with zero attached hydrogens (tertiary/aromatic N) is 3. The smallest absolute Gasteiger partial charge is 0.255 e. The molecule has 0 bridgehead atoms. The zero-order valence-electron chi connectivity index (χ0n) is 16.7. The van der Waals surface area contributed by atoms with Gasteiger partial charge in [-0.15, -0.1) is 0 Å². The van der Waals surface area contributed by atoms with Gasteiger partial charge in [0.15, 0.2) is 0 Å². The lowest BCUT2D eigenvalue weighted by molar-refractivity contribution is -0.180. The molecule has 2 aromatic rings. The highest BCUT2D eigenvalue weighted by molar-refractivity contribution is 5.94. The Morgan fingerprint density at radius 1 is 1.00 bits per heavy atom. The molecule has 1 saturated carbocycles. The van der Waals surface area contributed by atoms with E-state index in [1.807, 2.05) is 17.0 Å². The van der Waals surface area contributed by atoms with Crippen molar-refractivity contribution in [2.24, 2.45) is 5.41 Å². The molecule has 1 atom stereocenters. The predicted octanol–water partition coefficient (Wildman–Crippen LogP) is 3.83. The maximum absolute atomic E-state index is 13.3. The Hall–Kier alpha value is -2.69. The normalized spacial score (nSPS) is 24.0. The van der Waals surface area contributed by atoms with Crippen LogP contribution in [0.2, 0.25) is 0 Å². The summed E-state index contributed by atoms with van der Waals surface area (Å²) in [6.07, 6.45) is 9.33. The lowest BCUT2D eigenvalue weighted by Crippen LogP contribution is -2.66. The number of pyridine rings is 1. The van der Waals surface area contributed by atoms with Crippen molar-refractivity contribution in [1.82, 2.24) is 14.8 Å². The summed E-state index contributed by atoms with van der Waals surface area (Å²) in [5.74, 6) is 0.388. The fraction of sp³-hybridized carbons (Fsp3) is 0.458. The molecule has 150 valence electrons. The van der Waals surface area contributed by atoms with Gasteiger partial charge in [0.2, 0.25) is 5.91 Å². The van der Waals surface area contributed by atoms with Gasteiger partial charge in [0.1, 0.15) is 0 Å². The Morgan fingerprint density at radius 2 is 1.72 bits per heavy atom. The van der Waals surface area contributed by atoms with Crippen LogP contribution in [0.4, 0.5) is 0 Å². The summed E-state index contributed by atoms with van der Waals surface area (Å²) in [5, 5.41) is 0. The van der Waals surface area contributed by atoms with Crippen molar-refractivity contribution in [2.75, 3.05) is 13.1 Å². The van der Waals surface area contributed by atoms with Crippen molar-refractivity contribution in [2.45, 2.75) is 50.6 Å². The third kappa shape index (κ3) is 2.95. The van der Waals surface area contributed by atoms with E-state index in [1.165, 1.54) is 5.56 Å². The Balaban J connectivity index is 1.32. The van der Waals surface area contributed by atoms with Crippen molar-refractivity contribution in [3.63, 3.8) is 0 Å². The molecule has 5 heteroatoms. The number of β-lactam (4-membered cyclic amide) rings is 1. The highest BCUT2D eigenvalue weighted by atomic mass is 16.2. The van der Waals surface area contributed by atoms with Crippen LogP contribution in [0.3, 0.4) is 0 Å². The molecule has 1 spiro atoms. The number of aromatic nitrogens is 1. The molecule has 3 heterocycles. The van der Waals surface area contributed by atoms with Crippen LogP contribution in [0, 0.1) is 5.41 Å². The van der Waals surface area contributed by atoms with Crippen LogP contribution in [-0.2, 0) is 4.79 Å². The highest BCUT2D eigenvalue weighted by Crippen LogP contribution is 2.60. The second-order valence-corrected chi connectivity index (χ2v) is 8.65. The van der Waals surface area contributed by atoms with Gasteiger partial charge in [-0.2, -0.15) is 0 Å². The summed E-state index contributed by atoms with van der Waals surface area (Å²) in [6, 6.07) is 14.6. The number of carbonyl (C=O) groups is 2. The van der Waals surface area contributed by atoms with Crippen LogP contribution in [-0.4, -0.2) is 45.7 Å². The van der Waals surface area contributed by atoms with Crippen molar-refractivity contribution in [1.29, 1.82) is 0 Å². The molecule has 3 aliphatic rings. The second kappa shape index (κ2) is 7.29. The quantitative estimate of drug-likeness (QED) is 0.750. The Bertz CT molecular complexity index is 885. The van der Waals surface area contributed by atoms with Crippen molar-refractivity contribution in [3.05, 3.63) is 66.0 Å². The van der Waals surface area contributed by atoms with E-state index >= 15 is 0 Å². The maximum atomic E-state index is 13.3. The molecule has 5 rings (SSSR count). The van der Waals surface area contributed by atoms with E-state index in [4.69, 9.17) is 0 Å². The lowest BCUT2D eigenvalue weighted by atomic mass is 9.65. The zero-order chi connectivity index (χ0) is 19.8. The molecule has 0 N–H and O–H groups in total. The van der Waals surface area contributed by atoms with Gasteiger partial charge in [-0.05, 0) is 43.4 Å². The summed E-state index contributed by atoms with van der Waals surface area (Å²) < 4.78 is 0. The summed E-state index contributed by atoms with van der Waals surface area (Å²) in [5.41, 5.74) is 1.73. The van der Waals surface area contributed by atoms with Gasteiger partial charge in [-0.3, -0.25) is 14.6 Å². The fourth-order valence-corrected chi connectivity index (χ4v) is 5.70. The summed E-state index contributed by atoms with van der Waals surface area (Å²) >= 11 is 0. The third-order valence-electron chi connectivity index (χ3n) is 7.13. The van der Waals surface area contributed by atoms with E-state index in [0.717, 1.165) is 38.5 Å². The fourth-order valence-electron chi connectivity index (χ4n) is 5.70. The number of carbonyl (C=O) groups excluding carboxylic acids is 2. The Morgan fingerprint density at radius 3 is 2.38 bits per heavy atom. The minimum absolute atomic E-state index is 0.0401. The van der Waals surface area contributed by atoms with E-state index < -0.39 is 0 Å². The van der Waals surface area contributed by atoms with Gasteiger partial charge in [0, 0.05) is 31.5 Å². The molecule has 2 amide bonds. The largest absolute Gasteiger partial charge is 0.338 e. The number of piperidine rings is 1. The van der Waals surface area contributed by atoms with Gasteiger partial charge in [0.25, 0.3) is 5.91 Å². The second-order valence-electron chi connectivity index (χ2n) is 8.65. The molecule has 0 radical (unpaired) electrons. The maximum Gasteiger partial charge on any atom is 0.255 e. The number of likely N-dealkylation sites (tertiary alicyclic amines) is 2. The van der Waals surface area contributed by atoms with Gasteiger partial charge < -0.3 is 9.80 Å². The van der Waals surface area contributed by atoms with Crippen LogP contribution < -0.4 is 0 Å². The predicted molar refractivity (Wildman–Crippen MR) is 110 cm³/mol.